The summed E-state index contributed by atoms with van der Waals surface area (Å²) in [6, 6.07) is 1.48. The van der Waals surface area contributed by atoms with Crippen molar-refractivity contribution in [2.24, 2.45) is 0 Å². The van der Waals surface area contributed by atoms with E-state index >= 15 is 0 Å². The molecule has 6 heteroatoms. The molecule has 4 N–H and O–H groups in total. The van der Waals surface area contributed by atoms with E-state index in [9.17, 15) is 19.2 Å². The van der Waals surface area contributed by atoms with Crippen LogP contribution in [0.5, 0.6) is 0 Å². The Morgan fingerprint density at radius 3 is 1.76 bits per heavy atom. The number of anilines is 2. The van der Waals surface area contributed by atoms with Gasteiger partial charge >= 0.3 is 0 Å². The molecule has 0 bridgehead atoms. The van der Waals surface area contributed by atoms with E-state index in [2.05, 4.69) is 0 Å². The third kappa shape index (κ3) is 3.75. The molecule has 0 amide bonds. The Kier molecular flexibility index (Phi) is 4.97. The van der Waals surface area contributed by atoms with Crippen LogP contribution in [0.2, 0.25) is 0 Å². The van der Waals surface area contributed by atoms with Crippen LogP contribution in [0.4, 0.5) is 11.4 Å². The highest BCUT2D eigenvalue weighted by molar-refractivity contribution is 6.21. The van der Waals surface area contributed by atoms with Crippen LogP contribution in [0, 0.1) is 6.92 Å². The standard InChI is InChI=1S/C15H18N2O4/c1-7-4-10(16)13(11(20)5-8(2)18)14(15(7)17)12(21)6-9(3)19/h4H,5-6,16-17H2,1-3H3. The Hall–Kier alpha value is -2.50. The Morgan fingerprint density at radius 2 is 1.33 bits per heavy atom. The van der Waals surface area contributed by atoms with Crippen molar-refractivity contribution in [1.29, 1.82) is 0 Å². The fourth-order valence-corrected chi connectivity index (χ4v) is 2.08. The van der Waals surface area contributed by atoms with E-state index in [0.29, 0.717) is 5.56 Å². The summed E-state index contributed by atoms with van der Waals surface area (Å²) in [5.74, 6) is -1.83. The third-order valence-corrected chi connectivity index (χ3v) is 2.98. The highest BCUT2D eigenvalue weighted by atomic mass is 16.2. The molecule has 0 saturated heterocycles. The minimum absolute atomic E-state index is 0.0612. The number of nitrogens with two attached hydrogens (primary N) is 2. The number of Topliss-reactive ketones (excluding diaryl/α,β-unsaturated/α-hetero) is 4. The first-order valence-electron chi connectivity index (χ1n) is 6.39. The second-order valence-corrected chi connectivity index (χ2v) is 5.05. The first kappa shape index (κ1) is 16.6. The SMILES string of the molecule is CC(=O)CC(=O)c1c(N)cc(C)c(N)c1C(=O)CC(C)=O. The van der Waals surface area contributed by atoms with Crippen LogP contribution in [0.3, 0.4) is 0 Å². The zero-order valence-electron chi connectivity index (χ0n) is 12.3. The van der Waals surface area contributed by atoms with Crippen molar-refractivity contribution in [2.75, 3.05) is 11.5 Å². The number of aryl methyl sites for hydroxylation is 1. The summed E-state index contributed by atoms with van der Waals surface area (Å²) in [6.45, 7) is 4.18. The molecule has 1 aromatic carbocycles. The molecule has 0 radical (unpaired) electrons. The van der Waals surface area contributed by atoms with Gasteiger partial charge in [0.2, 0.25) is 0 Å². The van der Waals surface area contributed by atoms with Crippen LogP contribution in [-0.4, -0.2) is 23.1 Å². The van der Waals surface area contributed by atoms with Crippen LogP contribution in [0.1, 0.15) is 53.0 Å². The second kappa shape index (κ2) is 6.30. The average Bonchev–Trinajstić information content (AvgIpc) is 2.30. The van der Waals surface area contributed by atoms with Crippen molar-refractivity contribution in [2.45, 2.75) is 33.6 Å². The topological polar surface area (TPSA) is 120 Å². The van der Waals surface area contributed by atoms with Gasteiger partial charge in [0.1, 0.15) is 11.6 Å². The predicted octanol–water partition coefficient (Wildman–Crippen LogP) is 1.48. The molecule has 0 spiro atoms. The van der Waals surface area contributed by atoms with E-state index in [1.165, 1.54) is 19.9 Å². The summed E-state index contributed by atoms with van der Waals surface area (Å²) in [7, 11) is 0. The summed E-state index contributed by atoms with van der Waals surface area (Å²) in [5.41, 5.74) is 12.3. The van der Waals surface area contributed by atoms with E-state index in [1.807, 2.05) is 0 Å². The van der Waals surface area contributed by atoms with Crippen molar-refractivity contribution < 1.29 is 19.2 Å². The van der Waals surface area contributed by atoms with Gasteiger partial charge in [-0.05, 0) is 32.4 Å². The maximum absolute atomic E-state index is 12.2. The molecule has 0 aliphatic carbocycles. The van der Waals surface area contributed by atoms with Crippen LogP contribution < -0.4 is 11.5 Å². The fourth-order valence-electron chi connectivity index (χ4n) is 2.08. The molecule has 0 fully saturated rings. The minimum Gasteiger partial charge on any atom is -0.398 e. The summed E-state index contributed by atoms with van der Waals surface area (Å²) in [4.78, 5) is 46.6. The number of carbonyl (C=O) groups excluding carboxylic acids is 4. The van der Waals surface area contributed by atoms with E-state index < -0.39 is 11.6 Å². The molecular weight excluding hydrogens is 272 g/mol. The molecule has 0 atom stereocenters. The molecule has 112 valence electrons. The lowest BCUT2D eigenvalue weighted by atomic mass is 9.90. The lowest BCUT2D eigenvalue weighted by Gasteiger charge is -2.15. The molecular formula is C15H18N2O4. The lowest BCUT2D eigenvalue weighted by Crippen LogP contribution is -2.18. The molecule has 1 aromatic rings. The highest BCUT2D eigenvalue weighted by Crippen LogP contribution is 2.29. The summed E-state index contributed by atoms with van der Waals surface area (Å²) in [6.07, 6.45) is -0.736. The second-order valence-electron chi connectivity index (χ2n) is 5.05. The van der Waals surface area contributed by atoms with Gasteiger partial charge in [-0.2, -0.15) is 0 Å². The molecule has 0 aliphatic rings. The number of hydrogen-bond donors (Lipinski definition) is 2. The van der Waals surface area contributed by atoms with Crippen LogP contribution in [-0.2, 0) is 9.59 Å². The first-order valence-corrected chi connectivity index (χ1v) is 6.39. The maximum Gasteiger partial charge on any atom is 0.173 e. The maximum atomic E-state index is 12.2. The van der Waals surface area contributed by atoms with Crippen molar-refractivity contribution in [1.82, 2.24) is 0 Å². The smallest absolute Gasteiger partial charge is 0.173 e. The zero-order valence-corrected chi connectivity index (χ0v) is 12.3. The van der Waals surface area contributed by atoms with Crippen LogP contribution in [0.15, 0.2) is 6.07 Å². The van der Waals surface area contributed by atoms with E-state index in [-0.39, 0.29) is 46.9 Å². The van der Waals surface area contributed by atoms with Crippen molar-refractivity contribution in [3.63, 3.8) is 0 Å². The first-order chi connectivity index (χ1) is 9.65. The largest absolute Gasteiger partial charge is 0.398 e. The monoisotopic (exact) mass is 290 g/mol. The van der Waals surface area contributed by atoms with Gasteiger partial charge in [0.25, 0.3) is 0 Å². The Morgan fingerprint density at radius 1 is 0.905 bits per heavy atom. The van der Waals surface area contributed by atoms with Gasteiger partial charge < -0.3 is 11.5 Å². The van der Waals surface area contributed by atoms with Gasteiger partial charge in [-0.25, -0.2) is 0 Å². The predicted molar refractivity (Wildman–Crippen MR) is 79.3 cm³/mol. The van der Waals surface area contributed by atoms with Gasteiger partial charge in [-0.15, -0.1) is 0 Å². The van der Waals surface area contributed by atoms with Gasteiger partial charge in [-0.1, -0.05) is 0 Å². The summed E-state index contributed by atoms with van der Waals surface area (Å²) >= 11 is 0. The number of hydrogen-bond acceptors (Lipinski definition) is 6. The molecule has 6 nitrogen and oxygen atoms in total. The molecule has 0 aliphatic heterocycles. The number of rotatable bonds is 6. The van der Waals surface area contributed by atoms with Gasteiger partial charge in [0, 0.05) is 11.4 Å². The minimum atomic E-state index is -0.571. The number of carbonyl (C=O) groups is 4. The number of ketones is 4. The third-order valence-electron chi connectivity index (χ3n) is 2.98. The molecule has 1 rings (SSSR count). The molecule has 0 saturated carbocycles. The number of benzene rings is 1. The average molecular weight is 290 g/mol. The Balaban J connectivity index is 3.51. The highest BCUT2D eigenvalue weighted by Gasteiger charge is 2.25. The quantitative estimate of drug-likeness (QED) is 0.465. The van der Waals surface area contributed by atoms with Gasteiger partial charge in [0.05, 0.1) is 24.0 Å². The Labute approximate surface area is 122 Å². The normalized spacial score (nSPS) is 10.2. The Bertz CT molecular complexity index is 648. The fraction of sp³-hybridized carbons (Fsp3) is 0.333. The van der Waals surface area contributed by atoms with Gasteiger partial charge in [-0.3, -0.25) is 19.2 Å². The van der Waals surface area contributed by atoms with Crippen molar-refractivity contribution in [3.05, 3.63) is 22.8 Å². The van der Waals surface area contributed by atoms with Gasteiger partial charge in [0.15, 0.2) is 11.6 Å². The summed E-state index contributed by atoms with van der Waals surface area (Å²) in [5, 5.41) is 0. The van der Waals surface area contributed by atoms with E-state index in [0.717, 1.165) is 0 Å². The zero-order chi connectivity index (χ0) is 16.3. The van der Waals surface area contributed by atoms with E-state index in [1.54, 1.807) is 6.92 Å². The molecule has 0 aromatic heterocycles. The lowest BCUT2D eigenvalue weighted by molar-refractivity contribution is -0.117. The van der Waals surface area contributed by atoms with Crippen LogP contribution in [0.25, 0.3) is 0 Å². The van der Waals surface area contributed by atoms with Crippen LogP contribution >= 0.6 is 0 Å². The molecule has 0 unspecified atom stereocenters. The van der Waals surface area contributed by atoms with E-state index in [4.69, 9.17) is 11.5 Å². The van der Waals surface area contributed by atoms with Crippen molar-refractivity contribution in [3.8, 4) is 0 Å². The summed E-state index contributed by atoms with van der Waals surface area (Å²) < 4.78 is 0. The number of nitrogen functional groups attached to an aromatic ring is 2. The molecule has 21 heavy (non-hydrogen) atoms. The molecule has 0 heterocycles. The van der Waals surface area contributed by atoms with Crippen molar-refractivity contribution >= 4 is 34.5 Å².